The average molecular weight is 468 g/mol. The summed E-state index contributed by atoms with van der Waals surface area (Å²) >= 11 is 0. The molecule has 1 saturated carbocycles. The molecule has 34 heavy (non-hydrogen) atoms. The predicted molar refractivity (Wildman–Crippen MR) is 117 cm³/mol. The van der Waals surface area contributed by atoms with E-state index < -0.39 is 22.9 Å². The Bertz CT molecular complexity index is 1520. The van der Waals surface area contributed by atoms with Crippen molar-refractivity contribution in [3.8, 4) is 23.3 Å². The van der Waals surface area contributed by atoms with Crippen molar-refractivity contribution in [1.82, 2.24) is 19.7 Å². The van der Waals surface area contributed by atoms with Crippen LogP contribution in [0.15, 0.2) is 45.7 Å². The Morgan fingerprint density at radius 2 is 1.91 bits per heavy atom. The van der Waals surface area contributed by atoms with Crippen LogP contribution in [0.4, 0.5) is 13.2 Å². The van der Waals surface area contributed by atoms with Crippen molar-refractivity contribution in [2.45, 2.75) is 37.5 Å². The number of pyridine rings is 1. The van der Waals surface area contributed by atoms with E-state index in [0.717, 1.165) is 25.0 Å². The summed E-state index contributed by atoms with van der Waals surface area (Å²) in [6.07, 6.45) is -1.85. The first-order valence-electron chi connectivity index (χ1n) is 10.5. The van der Waals surface area contributed by atoms with Gasteiger partial charge in [0.1, 0.15) is 5.52 Å². The van der Waals surface area contributed by atoms with Crippen molar-refractivity contribution in [2.75, 3.05) is 0 Å². The lowest BCUT2D eigenvalue weighted by atomic mass is 9.93. The maximum absolute atomic E-state index is 13.9. The van der Waals surface area contributed by atoms with Gasteiger partial charge in [0.15, 0.2) is 0 Å². The van der Waals surface area contributed by atoms with Gasteiger partial charge in [-0.1, -0.05) is 36.3 Å². The van der Waals surface area contributed by atoms with E-state index in [9.17, 15) is 23.1 Å². The van der Waals surface area contributed by atoms with Crippen molar-refractivity contribution in [2.24, 2.45) is 7.05 Å². The number of hydrogen-bond donors (Lipinski definition) is 2. The summed E-state index contributed by atoms with van der Waals surface area (Å²) in [6.45, 7) is 1.70. The highest BCUT2D eigenvalue weighted by Crippen LogP contribution is 2.42. The molecule has 1 fully saturated rings. The maximum atomic E-state index is 13.9. The lowest BCUT2D eigenvalue weighted by Crippen LogP contribution is -2.41. The number of aryl methyl sites for hydroxylation is 2. The van der Waals surface area contributed by atoms with Gasteiger partial charge < -0.3 is 19.1 Å². The van der Waals surface area contributed by atoms with Gasteiger partial charge in [0.25, 0.3) is 5.56 Å². The number of alkyl halides is 3. The number of fused-ring (bicyclic) bond motifs is 1. The average Bonchev–Trinajstić information content (AvgIpc) is 3.43. The summed E-state index contributed by atoms with van der Waals surface area (Å²) in [6, 6.07) is 6.63. The minimum absolute atomic E-state index is 0.0984. The summed E-state index contributed by atoms with van der Waals surface area (Å²) in [5, 5.41) is 19.1. The zero-order valence-electron chi connectivity index (χ0n) is 18.2. The molecule has 7 nitrogen and oxygen atoms in total. The fourth-order valence-electron chi connectivity index (χ4n) is 3.88. The Morgan fingerprint density at radius 3 is 2.56 bits per heavy atom. The summed E-state index contributed by atoms with van der Waals surface area (Å²) in [5.74, 6) is 5.32. The van der Waals surface area contributed by atoms with Gasteiger partial charge >= 0.3 is 6.18 Å². The van der Waals surface area contributed by atoms with E-state index in [1.54, 1.807) is 13.0 Å². The van der Waals surface area contributed by atoms with E-state index in [2.05, 4.69) is 21.1 Å². The molecule has 1 aliphatic carbocycles. The molecule has 1 aromatic carbocycles. The molecule has 0 bridgehead atoms. The van der Waals surface area contributed by atoms with Crippen LogP contribution in [0.1, 0.15) is 41.5 Å². The second-order valence-corrected chi connectivity index (χ2v) is 8.38. The molecule has 1 unspecified atom stereocenters. The summed E-state index contributed by atoms with van der Waals surface area (Å²) < 4.78 is 48.8. The van der Waals surface area contributed by atoms with Crippen LogP contribution in [0.5, 0.6) is 0 Å². The minimum Gasteiger partial charge on any atom is -0.420 e. The molecule has 0 spiro atoms. The van der Waals surface area contributed by atoms with Crippen molar-refractivity contribution < 1.29 is 22.7 Å². The van der Waals surface area contributed by atoms with E-state index in [0.29, 0.717) is 17.1 Å². The van der Waals surface area contributed by atoms with Crippen molar-refractivity contribution in [3.05, 3.63) is 69.6 Å². The summed E-state index contributed by atoms with van der Waals surface area (Å²) in [4.78, 5) is 15.7. The van der Waals surface area contributed by atoms with Gasteiger partial charge in [-0.25, -0.2) is 0 Å². The maximum Gasteiger partial charge on any atom is 0.433 e. The van der Waals surface area contributed by atoms with Crippen LogP contribution in [0.3, 0.4) is 0 Å². The Hall–Kier alpha value is -3.84. The third kappa shape index (κ3) is 3.49. The van der Waals surface area contributed by atoms with Gasteiger partial charge in [0.2, 0.25) is 17.4 Å². The molecule has 1 atom stereocenters. The van der Waals surface area contributed by atoms with Gasteiger partial charge in [0.05, 0.1) is 11.1 Å². The second kappa shape index (κ2) is 7.60. The summed E-state index contributed by atoms with van der Waals surface area (Å²) in [7, 11) is 1.47. The van der Waals surface area contributed by atoms with Crippen LogP contribution < -0.4 is 5.56 Å². The van der Waals surface area contributed by atoms with Crippen molar-refractivity contribution >= 4 is 10.9 Å². The quantitative estimate of drug-likeness (QED) is 0.445. The number of hydrogen-bond acceptors (Lipinski definition) is 5. The first kappa shape index (κ1) is 22.0. The fourth-order valence-corrected chi connectivity index (χ4v) is 3.88. The van der Waals surface area contributed by atoms with Gasteiger partial charge in [-0.2, -0.15) is 13.2 Å². The van der Waals surface area contributed by atoms with E-state index >= 15 is 0 Å². The first-order valence-corrected chi connectivity index (χ1v) is 10.5. The molecule has 0 aliphatic heterocycles. The molecule has 3 heterocycles. The molecule has 1 aliphatic rings. The molecular weight excluding hydrogens is 449 g/mol. The molecule has 0 radical (unpaired) electrons. The van der Waals surface area contributed by atoms with Crippen LogP contribution in [-0.4, -0.2) is 31.0 Å². The zero-order valence-corrected chi connectivity index (χ0v) is 18.2. The lowest BCUT2D eigenvalue weighted by Gasteiger charge is -2.25. The molecule has 2 N–H and O–H groups in total. The van der Waals surface area contributed by atoms with Crippen LogP contribution in [-0.2, 0) is 12.6 Å². The number of H-pyrrole nitrogens is 1. The largest absolute Gasteiger partial charge is 0.433 e. The second-order valence-electron chi connectivity index (χ2n) is 8.38. The van der Waals surface area contributed by atoms with Crippen molar-refractivity contribution in [3.63, 3.8) is 0 Å². The molecule has 3 aromatic heterocycles. The molecule has 5 rings (SSSR count). The molecule has 4 aromatic rings. The number of aromatic amines is 1. The smallest absolute Gasteiger partial charge is 0.420 e. The molecule has 174 valence electrons. The van der Waals surface area contributed by atoms with E-state index in [1.165, 1.54) is 29.9 Å². The minimum atomic E-state index is -5.07. The highest BCUT2D eigenvalue weighted by molar-refractivity contribution is 5.99. The van der Waals surface area contributed by atoms with Crippen molar-refractivity contribution in [1.29, 1.82) is 0 Å². The molecule has 0 saturated heterocycles. The molecule has 0 amide bonds. The van der Waals surface area contributed by atoms with E-state index in [-0.39, 0.29) is 28.3 Å². The Morgan fingerprint density at radius 1 is 1.21 bits per heavy atom. The van der Waals surface area contributed by atoms with E-state index in [4.69, 9.17) is 4.42 Å². The third-order valence-corrected chi connectivity index (χ3v) is 5.87. The number of nitrogens with zero attached hydrogens (tertiary/aromatic N) is 3. The van der Waals surface area contributed by atoms with Crippen LogP contribution in [0.2, 0.25) is 0 Å². The Balaban J connectivity index is 1.74. The topological polar surface area (TPSA) is 96.9 Å². The SMILES string of the molecule is Cc1[nH]c2c(=O)n(C)cc(C#CC(O)(c3ccccc3)C(F)(F)F)c2c1-c1nnc(C2CC2)o1. The van der Waals surface area contributed by atoms with Crippen LogP contribution >= 0.6 is 0 Å². The van der Waals surface area contributed by atoms with Gasteiger partial charge in [0, 0.05) is 35.8 Å². The lowest BCUT2D eigenvalue weighted by molar-refractivity contribution is -0.240. The monoisotopic (exact) mass is 468 g/mol. The fraction of sp³-hybridized carbons (Fsp3) is 0.292. The zero-order chi connectivity index (χ0) is 24.3. The van der Waals surface area contributed by atoms with Gasteiger partial charge in [-0.3, -0.25) is 4.79 Å². The van der Waals surface area contributed by atoms with Crippen LogP contribution in [0.25, 0.3) is 22.4 Å². The third-order valence-electron chi connectivity index (χ3n) is 5.87. The van der Waals surface area contributed by atoms with Gasteiger partial charge in [-0.05, 0) is 25.7 Å². The Kier molecular flexibility index (Phi) is 4.91. The number of benzene rings is 1. The number of aliphatic hydroxyl groups is 1. The number of halogens is 3. The summed E-state index contributed by atoms with van der Waals surface area (Å²) in [5.41, 5.74) is -3.05. The first-order chi connectivity index (χ1) is 16.1. The van der Waals surface area contributed by atoms with Gasteiger partial charge in [-0.15, -0.1) is 10.2 Å². The normalized spacial score (nSPS) is 15.7. The molecular formula is C24H19F3N4O3. The predicted octanol–water partition coefficient (Wildman–Crippen LogP) is 3.90. The number of aromatic nitrogens is 4. The molecule has 10 heteroatoms. The Labute approximate surface area is 191 Å². The number of rotatable bonds is 3. The number of nitrogens with one attached hydrogen (secondary N) is 1. The highest BCUT2D eigenvalue weighted by atomic mass is 19.4. The van der Waals surface area contributed by atoms with E-state index in [1.807, 2.05) is 5.92 Å². The highest BCUT2D eigenvalue weighted by Gasteiger charge is 2.54. The van der Waals surface area contributed by atoms with Crippen LogP contribution in [0, 0.1) is 18.8 Å². The standard InChI is InChI=1S/C24H19F3N4O3/c1-13-17(21-30-29-20(34-21)14-8-9-14)18-15(12-31(2)22(32)19(18)28-13)10-11-23(33,24(25,26)27)16-6-4-3-5-7-16/h3-7,12,14,28,33H,8-9H2,1-2H3.